The topological polar surface area (TPSA) is 26.0 Å². The highest BCUT2D eigenvalue weighted by molar-refractivity contribution is 9.10. The van der Waals surface area contributed by atoms with E-state index in [2.05, 4.69) is 41.1 Å². The van der Waals surface area contributed by atoms with Crippen LogP contribution in [0.15, 0.2) is 22.7 Å². The van der Waals surface area contributed by atoms with Crippen molar-refractivity contribution in [1.82, 2.24) is 0 Å². The average molecular weight is 242 g/mol. The van der Waals surface area contributed by atoms with Crippen molar-refractivity contribution in [3.63, 3.8) is 0 Å². The molecule has 72 valence electrons. The van der Waals surface area contributed by atoms with Crippen LogP contribution in [0, 0.1) is 6.92 Å². The van der Waals surface area contributed by atoms with Gasteiger partial charge in [-0.15, -0.1) is 0 Å². The highest BCUT2D eigenvalue weighted by atomic mass is 79.9. The summed E-state index contributed by atoms with van der Waals surface area (Å²) in [5.74, 6) is 0. The number of rotatable bonds is 3. The molecular weight excluding hydrogens is 226 g/mol. The third-order valence-corrected chi connectivity index (χ3v) is 3.00. The second-order valence-electron chi connectivity index (χ2n) is 3.60. The van der Waals surface area contributed by atoms with Gasteiger partial charge in [0.25, 0.3) is 0 Å². The van der Waals surface area contributed by atoms with Crippen LogP contribution in [0.5, 0.6) is 0 Å². The molecule has 0 saturated carbocycles. The van der Waals surface area contributed by atoms with Crippen LogP contribution in [0.1, 0.15) is 24.5 Å². The van der Waals surface area contributed by atoms with Crippen molar-refractivity contribution >= 4 is 15.9 Å². The molecule has 0 fully saturated rings. The minimum Gasteiger partial charge on any atom is -0.328 e. The van der Waals surface area contributed by atoms with E-state index in [-0.39, 0.29) is 0 Å². The third kappa shape index (κ3) is 3.49. The molecule has 1 aromatic carbocycles. The molecule has 2 heteroatoms. The van der Waals surface area contributed by atoms with Gasteiger partial charge in [0.15, 0.2) is 0 Å². The summed E-state index contributed by atoms with van der Waals surface area (Å²) < 4.78 is 1.18. The summed E-state index contributed by atoms with van der Waals surface area (Å²) in [6.45, 7) is 4.16. The molecule has 0 bridgehead atoms. The van der Waals surface area contributed by atoms with Crippen molar-refractivity contribution in [2.75, 3.05) is 0 Å². The Kier molecular flexibility index (Phi) is 3.94. The molecule has 13 heavy (non-hydrogen) atoms. The zero-order chi connectivity index (χ0) is 9.84. The van der Waals surface area contributed by atoms with Gasteiger partial charge in [0.05, 0.1) is 0 Å². The number of halogens is 1. The smallest absolute Gasteiger partial charge is 0.0204 e. The van der Waals surface area contributed by atoms with E-state index in [9.17, 15) is 0 Å². The summed E-state index contributed by atoms with van der Waals surface area (Å²) >= 11 is 3.48. The molecule has 1 rings (SSSR count). The lowest BCUT2D eigenvalue weighted by atomic mass is 10.0. The van der Waals surface area contributed by atoms with Crippen LogP contribution in [-0.2, 0) is 6.42 Å². The number of hydrogen-bond donors (Lipinski definition) is 1. The van der Waals surface area contributed by atoms with Crippen molar-refractivity contribution < 1.29 is 0 Å². The fourth-order valence-electron chi connectivity index (χ4n) is 1.26. The Hall–Kier alpha value is -0.340. The summed E-state index contributed by atoms with van der Waals surface area (Å²) in [5, 5.41) is 0. The number of aryl methyl sites for hydroxylation is 2. The molecule has 0 aliphatic carbocycles. The molecule has 0 amide bonds. The minimum absolute atomic E-state index is 0.295. The second kappa shape index (κ2) is 4.77. The summed E-state index contributed by atoms with van der Waals surface area (Å²) in [5.41, 5.74) is 8.37. The van der Waals surface area contributed by atoms with Gasteiger partial charge in [-0.2, -0.15) is 0 Å². The molecule has 0 aliphatic rings. The first-order chi connectivity index (χ1) is 6.09. The third-order valence-electron chi connectivity index (χ3n) is 2.11. The van der Waals surface area contributed by atoms with E-state index in [4.69, 9.17) is 5.73 Å². The Balaban J connectivity index is 2.63. The normalized spacial score (nSPS) is 12.9. The largest absolute Gasteiger partial charge is 0.328 e. The van der Waals surface area contributed by atoms with E-state index in [0.29, 0.717) is 6.04 Å². The second-order valence-corrected chi connectivity index (χ2v) is 4.45. The molecule has 0 aromatic heterocycles. The van der Waals surface area contributed by atoms with E-state index in [1.165, 1.54) is 15.6 Å². The molecule has 1 atom stereocenters. The zero-order valence-corrected chi connectivity index (χ0v) is 9.76. The molecule has 1 nitrogen and oxygen atoms in total. The standard InChI is InChI=1S/C11H16BrN/c1-8-7-10(4-3-9(2)13)5-6-11(8)12/h5-7,9H,3-4,13H2,1-2H3. The first kappa shape index (κ1) is 10.7. The zero-order valence-electron chi connectivity index (χ0n) is 8.18. The lowest BCUT2D eigenvalue weighted by Crippen LogP contribution is -2.15. The van der Waals surface area contributed by atoms with Crippen molar-refractivity contribution in [2.24, 2.45) is 5.73 Å². The number of hydrogen-bond acceptors (Lipinski definition) is 1. The van der Waals surface area contributed by atoms with Gasteiger partial charge in [-0.05, 0) is 43.9 Å². The average Bonchev–Trinajstić information content (AvgIpc) is 2.07. The first-order valence-corrected chi connectivity index (χ1v) is 5.39. The predicted octanol–water partition coefficient (Wildman–Crippen LogP) is 3.04. The van der Waals surface area contributed by atoms with E-state index in [1.807, 2.05) is 6.92 Å². The number of benzene rings is 1. The van der Waals surface area contributed by atoms with E-state index < -0.39 is 0 Å². The van der Waals surface area contributed by atoms with Crippen LogP contribution < -0.4 is 5.73 Å². The SMILES string of the molecule is Cc1cc(CCC(C)N)ccc1Br. The molecule has 0 aliphatic heterocycles. The van der Waals surface area contributed by atoms with Crippen molar-refractivity contribution in [2.45, 2.75) is 32.7 Å². The van der Waals surface area contributed by atoms with Gasteiger partial charge >= 0.3 is 0 Å². The molecule has 0 heterocycles. The first-order valence-electron chi connectivity index (χ1n) is 4.60. The minimum atomic E-state index is 0.295. The Labute approximate surface area is 88.5 Å². The summed E-state index contributed by atoms with van der Waals surface area (Å²) in [6.07, 6.45) is 2.13. The summed E-state index contributed by atoms with van der Waals surface area (Å²) in [6, 6.07) is 6.77. The fourth-order valence-corrected chi connectivity index (χ4v) is 1.50. The summed E-state index contributed by atoms with van der Waals surface area (Å²) in [7, 11) is 0. The maximum atomic E-state index is 5.70. The maximum absolute atomic E-state index is 5.70. The molecule has 1 aromatic rings. The molecule has 0 saturated heterocycles. The van der Waals surface area contributed by atoms with Crippen LogP contribution >= 0.6 is 15.9 Å². The molecule has 0 spiro atoms. The van der Waals surface area contributed by atoms with Crippen LogP contribution in [-0.4, -0.2) is 6.04 Å². The maximum Gasteiger partial charge on any atom is 0.0204 e. The molecular formula is C11H16BrN. The van der Waals surface area contributed by atoms with Gasteiger partial charge in [-0.1, -0.05) is 28.1 Å². The Morgan fingerprint density at radius 2 is 2.15 bits per heavy atom. The van der Waals surface area contributed by atoms with Crippen LogP contribution in [0.2, 0.25) is 0 Å². The fraction of sp³-hybridized carbons (Fsp3) is 0.455. The lowest BCUT2D eigenvalue weighted by molar-refractivity contribution is 0.666. The van der Waals surface area contributed by atoms with E-state index >= 15 is 0 Å². The van der Waals surface area contributed by atoms with Gasteiger partial charge in [-0.25, -0.2) is 0 Å². The van der Waals surface area contributed by atoms with E-state index in [0.717, 1.165) is 12.8 Å². The molecule has 2 N–H and O–H groups in total. The highest BCUT2D eigenvalue weighted by Gasteiger charge is 1.99. The van der Waals surface area contributed by atoms with Crippen LogP contribution in [0.3, 0.4) is 0 Å². The lowest BCUT2D eigenvalue weighted by Gasteiger charge is -2.06. The van der Waals surface area contributed by atoms with Crippen molar-refractivity contribution in [3.05, 3.63) is 33.8 Å². The van der Waals surface area contributed by atoms with Crippen molar-refractivity contribution in [3.8, 4) is 0 Å². The number of nitrogens with two attached hydrogens (primary N) is 1. The van der Waals surface area contributed by atoms with Gasteiger partial charge in [0, 0.05) is 10.5 Å². The Bertz CT molecular complexity index is 281. The quantitative estimate of drug-likeness (QED) is 0.866. The monoisotopic (exact) mass is 241 g/mol. The van der Waals surface area contributed by atoms with Crippen LogP contribution in [0.4, 0.5) is 0 Å². The van der Waals surface area contributed by atoms with E-state index in [1.54, 1.807) is 0 Å². The Morgan fingerprint density at radius 1 is 1.46 bits per heavy atom. The van der Waals surface area contributed by atoms with Gasteiger partial charge in [0.1, 0.15) is 0 Å². The van der Waals surface area contributed by atoms with Crippen molar-refractivity contribution in [1.29, 1.82) is 0 Å². The van der Waals surface area contributed by atoms with Gasteiger partial charge < -0.3 is 5.73 Å². The Morgan fingerprint density at radius 3 is 2.69 bits per heavy atom. The summed E-state index contributed by atoms with van der Waals surface area (Å²) in [4.78, 5) is 0. The predicted molar refractivity (Wildman–Crippen MR) is 60.8 cm³/mol. The van der Waals surface area contributed by atoms with Gasteiger partial charge in [0.2, 0.25) is 0 Å². The highest BCUT2D eigenvalue weighted by Crippen LogP contribution is 2.17. The molecule has 0 radical (unpaired) electrons. The molecule has 1 unspecified atom stereocenters. The van der Waals surface area contributed by atoms with Gasteiger partial charge in [-0.3, -0.25) is 0 Å². The van der Waals surface area contributed by atoms with Crippen LogP contribution in [0.25, 0.3) is 0 Å².